The molecule has 10 nitrogen and oxygen atoms in total. The van der Waals surface area contributed by atoms with Gasteiger partial charge < -0.3 is 35.8 Å². The van der Waals surface area contributed by atoms with Crippen LogP contribution >= 0.6 is 24.8 Å². The summed E-state index contributed by atoms with van der Waals surface area (Å²) in [4.78, 5) is 29.6. The van der Waals surface area contributed by atoms with Gasteiger partial charge in [-0.2, -0.15) is 13.2 Å². The number of aliphatic hydroxyl groups is 3. The first-order valence-electron chi connectivity index (χ1n) is 18.2. The average molecular weight is 835 g/mol. The molecule has 1 aliphatic carbocycles. The Morgan fingerprint density at radius 3 is 2.49 bits per heavy atom. The molecule has 2 unspecified atom stereocenters. The first kappa shape index (κ1) is 46.9. The SMILES string of the molecule is Cl.Cl.NCC(C(=O)Nc1ccc2cnccc2c1)c1ccc(COC(=O)CCCC=CC[C@@H]2[C@@H](C=CC(O)COc3cccc(C(F)(F)F)c3)[C@H](O)C[C@@H]2O)cc1. The molecule has 308 valence electrons. The van der Waals surface area contributed by atoms with E-state index in [0.717, 1.165) is 34.0 Å². The highest BCUT2D eigenvalue weighted by Gasteiger charge is 2.39. The first-order valence-corrected chi connectivity index (χ1v) is 18.2. The van der Waals surface area contributed by atoms with Gasteiger partial charge in [0.2, 0.25) is 5.91 Å². The van der Waals surface area contributed by atoms with E-state index in [1.54, 1.807) is 42.7 Å². The molecule has 6 atom stereocenters. The van der Waals surface area contributed by atoms with Crippen molar-refractivity contribution in [3.05, 3.63) is 126 Å². The van der Waals surface area contributed by atoms with Crippen LogP contribution in [0.15, 0.2) is 109 Å². The van der Waals surface area contributed by atoms with Crippen molar-refractivity contribution in [2.75, 3.05) is 18.5 Å². The van der Waals surface area contributed by atoms with Gasteiger partial charge in [0.25, 0.3) is 0 Å². The largest absolute Gasteiger partial charge is 0.491 e. The number of anilines is 1. The molecular formula is C42H48Cl2F3N3O7. The fraction of sp³-hybridized carbons (Fsp3) is 0.357. The van der Waals surface area contributed by atoms with Crippen LogP contribution in [0.3, 0.4) is 0 Å². The highest BCUT2D eigenvalue weighted by molar-refractivity contribution is 5.98. The fourth-order valence-electron chi connectivity index (χ4n) is 6.56. The maximum Gasteiger partial charge on any atom is 0.416 e. The van der Waals surface area contributed by atoms with Crippen molar-refractivity contribution < 1.29 is 47.6 Å². The number of hydrogen-bond acceptors (Lipinski definition) is 9. The number of fused-ring (bicyclic) bond motifs is 1. The first-order chi connectivity index (χ1) is 26.4. The molecule has 1 fully saturated rings. The number of carbonyl (C=O) groups excluding carboxylic acids is 2. The third kappa shape index (κ3) is 13.8. The number of nitrogens with one attached hydrogen (secondary N) is 1. The van der Waals surface area contributed by atoms with E-state index < -0.39 is 41.9 Å². The molecule has 0 aliphatic heterocycles. The van der Waals surface area contributed by atoms with Crippen molar-refractivity contribution in [2.45, 2.75) is 69.1 Å². The van der Waals surface area contributed by atoms with Gasteiger partial charge >= 0.3 is 12.1 Å². The number of rotatable bonds is 17. The van der Waals surface area contributed by atoms with Gasteiger partial charge in [0.1, 0.15) is 25.1 Å². The number of halogens is 5. The predicted molar refractivity (Wildman–Crippen MR) is 216 cm³/mol. The second kappa shape index (κ2) is 22.4. The molecule has 4 aromatic rings. The Kier molecular flexibility index (Phi) is 18.5. The van der Waals surface area contributed by atoms with Crippen LogP contribution in [0, 0.1) is 11.8 Å². The van der Waals surface area contributed by atoms with Crippen molar-refractivity contribution in [3.63, 3.8) is 0 Å². The monoisotopic (exact) mass is 833 g/mol. The Labute approximate surface area is 341 Å². The Balaban J connectivity index is 0.00000435. The van der Waals surface area contributed by atoms with Crippen LogP contribution in [0.4, 0.5) is 18.9 Å². The zero-order chi connectivity index (χ0) is 39.4. The number of esters is 1. The maximum absolute atomic E-state index is 13.1. The van der Waals surface area contributed by atoms with Gasteiger partial charge in [-0.05, 0) is 78.1 Å². The van der Waals surface area contributed by atoms with Gasteiger partial charge in [0.15, 0.2) is 0 Å². The zero-order valence-electron chi connectivity index (χ0n) is 31.0. The molecule has 0 radical (unpaired) electrons. The Hall–Kier alpha value is -4.50. The molecule has 0 bridgehead atoms. The number of carbonyl (C=O) groups is 2. The number of alkyl halides is 3. The molecule has 57 heavy (non-hydrogen) atoms. The van der Waals surface area contributed by atoms with Gasteiger partial charge in [0.05, 0.1) is 23.7 Å². The number of benzene rings is 3. The molecule has 6 N–H and O–H groups in total. The molecule has 1 aromatic heterocycles. The van der Waals surface area contributed by atoms with Gasteiger partial charge in [-0.1, -0.05) is 60.7 Å². The summed E-state index contributed by atoms with van der Waals surface area (Å²) in [6, 6.07) is 19.1. The smallest absolute Gasteiger partial charge is 0.416 e. The van der Waals surface area contributed by atoms with E-state index in [4.69, 9.17) is 15.2 Å². The van der Waals surface area contributed by atoms with Crippen LogP contribution in [-0.2, 0) is 27.1 Å². The fourth-order valence-corrected chi connectivity index (χ4v) is 6.56. The number of allylic oxidation sites excluding steroid dienone is 2. The molecule has 1 aliphatic rings. The normalized spacial score (nSPS) is 19.1. The topological polar surface area (TPSA) is 164 Å². The number of aromatic nitrogens is 1. The van der Waals surface area contributed by atoms with Crippen molar-refractivity contribution in [1.82, 2.24) is 4.98 Å². The van der Waals surface area contributed by atoms with Gasteiger partial charge in [-0.15, -0.1) is 24.8 Å². The highest BCUT2D eigenvalue weighted by Crippen LogP contribution is 2.36. The summed E-state index contributed by atoms with van der Waals surface area (Å²) in [5, 5.41) is 36.2. The Morgan fingerprint density at radius 2 is 1.75 bits per heavy atom. The minimum atomic E-state index is -4.51. The molecule has 0 spiro atoms. The van der Waals surface area contributed by atoms with E-state index >= 15 is 0 Å². The molecule has 1 amide bonds. The summed E-state index contributed by atoms with van der Waals surface area (Å²) in [7, 11) is 0. The lowest BCUT2D eigenvalue weighted by Gasteiger charge is -2.19. The molecule has 1 saturated carbocycles. The standard InChI is InChI=1S/C42H46F3N3O7.2ClH/c43-42(44,45)31-6-5-7-34(21-31)54-26-33(49)16-17-36-35(38(50)22-39(36)51)8-3-1-2-4-9-40(52)55-25-27-10-12-28(13-11-27)37(23-46)41(53)48-32-15-14-30-24-47-19-18-29(30)20-32;;/h1,3,5-7,10-21,24,33,35-39,49-51H,2,4,8-9,22-23,25-26,46H2,(H,48,53);2*1H/t33?,35-,36-,37?,38+,39-;;/m1../s1. The molecule has 1 heterocycles. The van der Waals surface area contributed by atoms with Gasteiger partial charge in [-0.25, -0.2) is 0 Å². The number of amides is 1. The van der Waals surface area contributed by atoms with Gasteiger partial charge in [0, 0.05) is 48.8 Å². The van der Waals surface area contributed by atoms with E-state index in [1.165, 1.54) is 18.2 Å². The van der Waals surface area contributed by atoms with E-state index in [-0.39, 0.29) is 81.0 Å². The molecule has 5 rings (SSSR count). The summed E-state index contributed by atoms with van der Waals surface area (Å²) in [5.74, 6) is -1.93. The zero-order valence-corrected chi connectivity index (χ0v) is 32.6. The third-order valence-electron chi connectivity index (χ3n) is 9.62. The highest BCUT2D eigenvalue weighted by atomic mass is 35.5. The van der Waals surface area contributed by atoms with Crippen LogP contribution in [0.1, 0.15) is 54.7 Å². The summed E-state index contributed by atoms with van der Waals surface area (Å²) >= 11 is 0. The van der Waals surface area contributed by atoms with Gasteiger partial charge in [-0.3, -0.25) is 14.6 Å². The van der Waals surface area contributed by atoms with Crippen LogP contribution in [0.5, 0.6) is 5.75 Å². The number of aliphatic hydroxyl groups excluding tert-OH is 3. The van der Waals surface area contributed by atoms with E-state index in [1.807, 2.05) is 36.4 Å². The molecular weight excluding hydrogens is 786 g/mol. The van der Waals surface area contributed by atoms with E-state index in [0.29, 0.717) is 24.9 Å². The number of hydrogen-bond donors (Lipinski definition) is 5. The van der Waals surface area contributed by atoms with Crippen LogP contribution in [0.25, 0.3) is 10.8 Å². The minimum Gasteiger partial charge on any atom is -0.491 e. The average Bonchev–Trinajstić information content (AvgIpc) is 3.44. The van der Waals surface area contributed by atoms with E-state index in [9.17, 15) is 38.1 Å². The maximum atomic E-state index is 13.1. The quantitative estimate of drug-likeness (QED) is 0.0418. The number of pyridine rings is 1. The number of nitrogens with two attached hydrogens (primary N) is 1. The Bertz CT molecular complexity index is 1950. The lowest BCUT2D eigenvalue weighted by atomic mass is 9.89. The van der Waals surface area contributed by atoms with E-state index in [2.05, 4.69) is 10.3 Å². The number of nitrogens with zero attached hydrogens (tertiary/aromatic N) is 1. The molecule has 0 saturated heterocycles. The predicted octanol–water partition coefficient (Wildman–Crippen LogP) is 7.29. The van der Waals surface area contributed by atoms with Crippen molar-refractivity contribution in [2.24, 2.45) is 17.6 Å². The van der Waals surface area contributed by atoms with Crippen molar-refractivity contribution >= 4 is 53.2 Å². The van der Waals surface area contributed by atoms with Crippen molar-refractivity contribution in [3.8, 4) is 5.75 Å². The second-order valence-electron chi connectivity index (χ2n) is 13.6. The molecule has 3 aromatic carbocycles. The molecule has 15 heteroatoms. The third-order valence-corrected chi connectivity index (χ3v) is 9.62. The number of unbranched alkanes of at least 4 members (excludes halogenated alkanes) is 1. The van der Waals surface area contributed by atoms with Crippen LogP contribution in [-0.4, -0.2) is 63.6 Å². The minimum absolute atomic E-state index is 0. The summed E-state index contributed by atoms with van der Waals surface area (Å²) < 4.78 is 49.6. The van der Waals surface area contributed by atoms with Crippen LogP contribution < -0.4 is 15.8 Å². The van der Waals surface area contributed by atoms with Crippen LogP contribution in [0.2, 0.25) is 0 Å². The van der Waals surface area contributed by atoms with Crippen molar-refractivity contribution in [1.29, 1.82) is 0 Å². The lowest BCUT2D eigenvalue weighted by molar-refractivity contribution is -0.145. The lowest BCUT2D eigenvalue weighted by Crippen LogP contribution is -2.27. The second-order valence-corrected chi connectivity index (χ2v) is 13.6. The summed E-state index contributed by atoms with van der Waals surface area (Å²) in [6.45, 7) is -0.0853. The summed E-state index contributed by atoms with van der Waals surface area (Å²) in [6.07, 6.45) is 5.02. The number of ether oxygens (including phenoxy) is 2. The summed E-state index contributed by atoms with van der Waals surface area (Å²) in [5.41, 5.74) is 7.29. The Morgan fingerprint density at radius 1 is 0.982 bits per heavy atom.